The number of aliphatic hydroxyl groups excluding tert-OH is 1. The number of benzene rings is 1. The van der Waals surface area contributed by atoms with Crippen LogP contribution >= 0.6 is 0 Å². The summed E-state index contributed by atoms with van der Waals surface area (Å²) in [5.74, 6) is -0.581. The third-order valence-corrected chi connectivity index (χ3v) is 5.14. The van der Waals surface area contributed by atoms with E-state index in [2.05, 4.69) is 0 Å². The average molecular weight is 383 g/mol. The molecular weight excluding hydrogens is 362 g/mol. The summed E-state index contributed by atoms with van der Waals surface area (Å²) < 4.78 is 16.3. The van der Waals surface area contributed by atoms with Crippen molar-refractivity contribution >= 4 is 17.4 Å². The average Bonchev–Trinajstić information content (AvgIpc) is 3.46. The lowest BCUT2D eigenvalue weighted by atomic mass is 9.99. The van der Waals surface area contributed by atoms with E-state index in [9.17, 15) is 14.7 Å². The second kappa shape index (κ2) is 7.52. The van der Waals surface area contributed by atoms with Crippen molar-refractivity contribution in [3.63, 3.8) is 0 Å². The molecular formula is C21H21NO6. The minimum Gasteiger partial charge on any atom is -0.507 e. The fourth-order valence-corrected chi connectivity index (χ4v) is 3.72. The smallest absolute Gasteiger partial charge is 0.295 e. The molecule has 146 valence electrons. The SMILES string of the molecule is COc1ccc(/C(O)=C2\C(=O)C(=O)N(CC3CCCO3)C2c2ccco2)cc1. The van der Waals surface area contributed by atoms with E-state index in [1.54, 1.807) is 43.5 Å². The van der Waals surface area contributed by atoms with Crippen molar-refractivity contribution in [2.24, 2.45) is 0 Å². The first-order chi connectivity index (χ1) is 13.6. The molecule has 1 aromatic heterocycles. The summed E-state index contributed by atoms with van der Waals surface area (Å²) in [4.78, 5) is 27.0. The minimum atomic E-state index is -0.790. The molecule has 0 saturated carbocycles. The zero-order chi connectivity index (χ0) is 19.7. The van der Waals surface area contributed by atoms with Crippen LogP contribution in [-0.2, 0) is 14.3 Å². The van der Waals surface area contributed by atoms with Gasteiger partial charge in [0.15, 0.2) is 0 Å². The van der Waals surface area contributed by atoms with E-state index in [4.69, 9.17) is 13.9 Å². The highest BCUT2D eigenvalue weighted by Crippen LogP contribution is 2.40. The summed E-state index contributed by atoms with van der Waals surface area (Å²) in [7, 11) is 1.54. The van der Waals surface area contributed by atoms with Crippen molar-refractivity contribution in [2.45, 2.75) is 25.0 Å². The molecule has 28 heavy (non-hydrogen) atoms. The standard InChI is InChI=1S/C21H21NO6/c1-26-14-8-6-13(7-9-14)19(23)17-18(16-5-3-11-28-16)22(21(25)20(17)24)12-15-4-2-10-27-15/h3,5-9,11,15,18,23H,2,4,10,12H2,1H3/b19-17+. The van der Waals surface area contributed by atoms with Crippen LogP contribution in [0.3, 0.4) is 0 Å². The van der Waals surface area contributed by atoms with Crippen molar-refractivity contribution in [3.05, 3.63) is 59.6 Å². The molecule has 0 aliphatic carbocycles. The Morgan fingerprint density at radius 2 is 2.04 bits per heavy atom. The second-order valence-electron chi connectivity index (χ2n) is 6.83. The quantitative estimate of drug-likeness (QED) is 0.485. The van der Waals surface area contributed by atoms with E-state index >= 15 is 0 Å². The number of rotatable bonds is 5. The highest BCUT2D eigenvalue weighted by atomic mass is 16.5. The normalized spacial score (nSPS) is 24.1. The van der Waals surface area contributed by atoms with Crippen molar-refractivity contribution < 1.29 is 28.6 Å². The molecule has 0 bridgehead atoms. The molecule has 2 saturated heterocycles. The summed E-state index contributed by atoms with van der Waals surface area (Å²) in [5.41, 5.74) is 0.440. The molecule has 0 radical (unpaired) electrons. The molecule has 1 N–H and O–H groups in total. The van der Waals surface area contributed by atoms with Gasteiger partial charge in [-0.25, -0.2) is 0 Å². The summed E-state index contributed by atoms with van der Waals surface area (Å²) in [6, 6.07) is 9.23. The summed E-state index contributed by atoms with van der Waals surface area (Å²) in [5, 5.41) is 10.9. The fraction of sp³-hybridized carbons (Fsp3) is 0.333. The van der Waals surface area contributed by atoms with Crippen LogP contribution in [0.25, 0.3) is 5.76 Å². The number of amides is 1. The first-order valence-corrected chi connectivity index (χ1v) is 9.18. The predicted octanol–water partition coefficient (Wildman–Crippen LogP) is 2.89. The Morgan fingerprint density at radius 1 is 1.25 bits per heavy atom. The molecule has 2 fully saturated rings. The van der Waals surface area contributed by atoms with Crippen LogP contribution in [0.5, 0.6) is 5.75 Å². The van der Waals surface area contributed by atoms with Gasteiger partial charge in [0.1, 0.15) is 23.3 Å². The van der Waals surface area contributed by atoms with Crippen LogP contribution in [0.2, 0.25) is 0 Å². The lowest BCUT2D eigenvalue weighted by molar-refractivity contribution is -0.141. The van der Waals surface area contributed by atoms with Crippen LogP contribution in [-0.4, -0.2) is 48.1 Å². The molecule has 2 aromatic rings. The number of hydrogen-bond acceptors (Lipinski definition) is 6. The third-order valence-electron chi connectivity index (χ3n) is 5.14. The highest BCUT2D eigenvalue weighted by Gasteiger charge is 2.48. The van der Waals surface area contributed by atoms with E-state index in [0.29, 0.717) is 23.7 Å². The second-order valence-corrected chi connectivity index (χ2v) is 6.83. The number of hydrogen-bond donors (Lipinski definition) is 1. The van der Waals surface area contributed by atoms with Crippen molar-refractivity contribution in [3.8, 4) is 5.75 Å². The number of aliphatic hydroxyl groups is 1. The first kappa shape index (κ1) is 18.3. The van der Waals surface area contributed by atoms with E-state index in [0.717, 1.165) is 12.8 Å². The van der Waals surface area contributed by atoms with Gasteiger partial charge in [-0.1, -0.05) is 0 Å². The maximum atomic E-state index is 12.8. The van der Waals surface area contributed by atoms with Gasteiger partial charge in [0.2, 0.25) is 0 Å². The van der Waals surface area contributed by atoms with Gasteiger partial charge in [0.05, 0.1) is 25.1 Å². The molecule has 2 aliphatic rings. The van der Waals surface area contributed by atoms with E-state index in [1.165, 1.54) is 11.2 Å². The van der Waals surface area contributed by atoms with Crippen molar-refractivity contribution in [1.29, 1.82) is 0 Å². The number of ether oxygens (including phenoxy) is 2. The molecule has 7 nitrogen and oxygen atoms in total. The fourth-order valence-electron chi connectivity index (χ4n) is 3.72. The number of ketones is 1. The van der Waals surface area contributed by atoms with Crippen LogP contribution in [0.4, 0.5) is 0 Å². The van der Waals surface area contributed by atoms with E-state index < -0.39 is 17.7 Å². The highest BCUT2D eigenvalue weighted by molar-refractivity contribution is 6.46. The topological polar surface area (TPSA) is 89.2 Å². The zero-order valence-corrected chi connectivity index (χ0v) is 15.5. The van der Waals surface area contributed by atoms with Gasteiger partial charge in [-0.3, -0.25) is 9.59 Å². The molecule has 4 rings (SSSR count). The Hall–Kier alpha value is -3.06. The van der Waals surface area contributed by atoms with Crippen LogP contribution in [0.15, 0.2) is 52.7 Å². The van der Waals surface area contributed by atoms with Gasteiger partial charge in [0.25, 0.3) is 11.7 Å². The number of carbonyl (C=O) groups is 2. The third kappa shape index (κ3) is 3.18. The molecule has 7 heteroatoms. The molecule has 2 aliphatic heterocycles. The van der Waals surface area contributed by atoms with Gasteiger partial charge < -0.3 is 23.9 Å². The van der Waals surface area contributed by atoms with Gasteiger partial charge in [-0.2, -0.15) is 0 Å². The van der Waals surface area contributed by atoms with Gasteiger partial charge in [-0.05, 0) is 49.2 Å². The number of Topliss-reactive ketones (excluding diaryl/α,β-unsaturated/α-hetero) is 1. The van der Waals surface area contributed by atoms with Crippen molar-refractivity contribution in [2.75, 3.05) is 20.3 Å². The Balaban J connectivity index is 1.76. The lowest BCUT2D eigenvalue weighted by Crippen LogP contribution is -2.36. The molecule has 3 heterocycles. The Bertz CT molecular complexity index is 893. The minimum absolute atomic E-state index is 0.0168. The monoisotopic (exact) mass is 383 g/mol. The van der Waals surface area contributed by atoms with Crippen LogP contribution in [0.1, 0.15) is 30.2 Å². The van der Waals surface area contributed by atoms with Gasteiger partial charge >= 0.3 is 0 Å². The Labute approximate surface area is 162 Å². The van der Waals surface area contributed by atoms with E-state index in [1.807, 2.05) is 0 Å². The summed E-state index contributed by atoms with van der Waals surface area (Å²) >= 11 is 0. The maximum absolute atomic E-state index is 12.8. The first-order valence-electron chi connectivity index (χ1n) is 9.18. The zero-order valence-electron chi connectivity index (χ0n) is 15.5. The van der Waals surface area contributed by atoms with Gasteiger partial charge in [-0.15, -0.1) is 0 Å². The lowest BCUT2D eigenvalue weighted by Gasteiger charge is -2.25. The van der Waals surface area contributed by atoms with Gasteiger partial charge in [0, 0.05) is 18.7 Å². The van der Waals surface area contributed by atoms with Crippen LogP contribution < -0.4 is 4.74 Å². The molecule has 2 unspecified atom stereocenters. The molecule has 1 amide bonds. The largest absolute Gasteiger partial charge is 0.507 e. The molecule has 2 atom stereocenters. The number of carbonyl (C=O) groups excluding carboxylic acids is 2. The Morgan fingerprint density at radius 3 is 2.64 bits per heavy atom. The number of nitrogens with zero attached hydrogens (tertiary/aromatic N) is 1. The summed E-state index contributed by atoms with van der Waals surface area (Å²) in [6.45, 7) is 0.918. The Kier molecular flexibility index (Phi) is 4.92. The van der Waals surface area contributed by atoms with Crippen molar-refractivity contribution in [1.82, 2.24) is 4.90 Å². The van der Waals surface area contributed by atoms with E-state index in [-0.39, 0.29) is 24.0 Å². The predicted molar refractivity (Wildman–Crippen MR) is 99.7 cm³/mol. The number of furan rings is 1. The number of likely N-dealkylation sites (tertiary alicyclic amines) is 1. The number of methoxy groups -OCH3 is 1. The van der Waals surface area contributed by atoms with Crippen LogP contribution in [0, 0.1) is 0 Å². The summed E-state index contributed by atoms with van der Waals surface area (Å²) in [6.07, 6.45) is 3.10. The maximum Gasteiger partial charge on any atom is 0.295 e. The molecule has 0 spiro atoms. The molecule has 1 aromatic carbocycles.